The smallest absolute Gasteiger partial charge is 0.326 e. The molecule has 3 rings (SSSR count). The maximum atomic E-state index is 12.9. The normalized spacial score (nSPS) is 10.7. The Hall–Kier alpha value is -3.48. The molecule has 0 saturated heterocycles. The zero-order valence-corrected chi connectivity index (χ0v) is 16.0. The van der Waals surface area contributed by atoms with Crippen molar-refractivity contribution in [3.05, 3.63) is 69.8 Å². The van der Waals surface area contributed by atoms with Gasteiger partial charge in [0.05, 0.1) is 17.7 Å². The van der Waals surface area contributed by atoms with E-state index in [1.54, 1.807) is 19.1 Å². The van der Waals surface area contributed by atoms with Crippen LogP contribution in [0.5, 0.6) is 0 Å². The van der Waals surface area contributed by atoms with E-state index in [0.29, 0.717) is 22.2 Å². The van der Waals surface area contributed by atoms with Crippen molar-refractivity contribution in [3.8, 4) is 0 Å². The number of aryl methyl sites for hydroxylation is 2. The van der Waals surface area contributed by atoms with Crippen molar-refractivity contribution in [1.82, 2.24) is 9.55 Å². The minimum Gasteiger partial charge on any atom is -0.465 e. The molecule has 144 valence electrons. The van der Waals surface area contributed by atoms with Crippen molar-refractivity contribution in [2.45, 2.75) is 27.3 Å². The van der Waals surface area contributed by atoms with E-state index in [4.69, 9.17) is 4.74 Å². The van der Waals surface area contributed by atoms with E-state index in [0.717, 1.165) is 5.56 Å². The van der Waals surface area contributed by atoms with E-state index in [1.807, 2.05) is 32.0 Å². The van der Waals surface area contributed by atoms with Crippen LogP contribution < -0.4 is 10.9 Å². The SMILES string of the molecule is CCOC(=O)Cn1cccc(NC(=O)c2cc(C)nc3ccc(C)cc23)c1=O. The highest BCUT2D eigenvalue weighted by Crippen LogP contribution is 2.21. The summed E-state index contributed by atoms with van der Waals surface area (Å²) in [6.45, 7) is 5.46. The first-order valence-corrected chi connectivity index (χ1v) is 8.93. The molecule has 3 aromatic rings. The van der Waals surface area contributed by atoms with Crippen molar-refractivity contribution in [3.63, 3.8) is 0 Å². The molecule has 0 radical (unpaired) electrons. The van der Waals surface area contributed by atoms with Gasteiger partial charge in [0, 0.05) is 17.3 Å². The third-order valence-electron chi connectivity index (χ3n) is 4.21. The quantitative estimate of drug-likeness (QED) is 0.689. The Balaban J connectivity index is 1.94. The standard InChI is InChI=1S/C21H21N3O4/c1-4-28-19(25)12-24-9-5-6-18(21(24)27)23-20(26)16-11-14(3)22-17-8-7-13(2)10-15(16)17/h5-11H,4,12H2,1-3H3,(H,23,26). The first-order valence-electron chi connectivity index (χ1n) is 8.93. The van der Waals surface area contributed by atoms with Crippen molar-refractivity contribution in [1.29, 1.82) is 0 Å². The number of aromatic nitrogens is 2. The number of fused-ring (bicyclic) bond motifs is 1. The number of rotatable bonds is 5. The lowest BCUT2D eigenvalue weighted by Gasteiger charge is -2.11. The second-order valence-corrected chi connectivity index (χ2v) is 6.45. The van der Waals surface area contributed by atoms with Crippen LogP contribution in [0, 0.1) is 13.8 Å². The first kappa shape index (κ1) is 19.3. The maximum Gasteiger partial charge on any atom is 0.326 e. The lowest BCUT2D eigenvalue weighted by Crippen LogP contribution is -2.28. The van der Waals surface area contributed by atoms with Crippen LogP contribution >= 0.6 is 0 Å². The fourth-order valence-electron chi connectivity index (χ4n) is 2.95. The van der Waals surface area contributed by atoms with Crippen LogP contribution in [0.3, 0.4) is 0 Å². The zero-order chi connectivity index (χ0) is 20.3. The summed E-state index contributed by atoms with van der Waals surface area (Å²) < 4.78 is 6.07. The van der Waals surface area contributed by atoms with Crippen LogP contribution in [0.15, 0.2) is 47.4 Å². The first-order chi connectivity index (χ1) is 13.4. The summed E-state index contributed by atoms with van der Waals surface area (Å²) in [4.78, 5) is 41.6. The minimum absolute atomic E-state index is 0.0899. The lowest BCUT2D eigenvalue weighted by atomic mass is 10.0. The average Bonchev–Trinajstić information content (AvgIpc) is 2.65. The monoisotopic (exact) mass is 379 g/mol. The van der Waals surface area contributed by atoms with Crippen LogP contribution in [0.1, 0.15) is 28.5 Å². The molecule has 0 unspecified atom stereocenters. The molecule has 2 aromatic heterocycles. The van der Waals surface area contributed by atoms with Gasteiger partial charge in [0.2, 0.25) is 0 Å². The minimum atomic E-state index is -0.515. The van der Waals surface area contributed by atoms with Gasteiger partial charge in [-0.15, -0.1) is 0 Å². The lowest BCUT2D eigenvalue weighted by molar-refractivity contribution is -0.143. The molecule has 28 heavy (non-hydrogen) atoms. The molecular weight excluding hydrogens is 358 g/mol. The Morgan fingerprint density at radius 3 is 2.71 bits per heavy atom. The van der Waals surface area contributed by atoms with Gasteiger partial charge in [-0.1, -0.05) is 11.6 Å². The second kappa shape index (κ2) is 8.04. The Morgan fingerprint density at radius 2 is 1.96 bits per heavy atom. The van der Waals surface area contributed by atoms with Crippen molar-refractivity contribution in [2.75, 3.05) is 11.9 Å². The average molecular weight is 379 g/mol. The van der Waals surface area contributed by atoms with E-state index in [9.17, 15) is 14.4 Å². The van der Waals surface area contributed by atoms with E-state index >= 15 is 0 Å². The number of anilines is 1. The molecule has 0 spiro atoms. The van der Waals surface area contributed by atoms with Crippen molar-refractivity contribution >= 4 is 28.5 Å². The van der Waals surface area contributed by atoms with Gasteiger partial charge in [-0.2, -0.15) is 0 Å². The molecule has 0 fully saturated rings. The molecule has 0 saturated carbocycles. The Morgan fingerprint density at radius 1 is 1.18 bits per heavy atom. The summed E-state index contributed by atoms with van der Waals surface area (Å²) in [5, 5.41) is 3.37. The molecule has 1 amide bonds. The van der Waals surface area contributed by atoms with E-state index in [-0.39, 0.29) is 18.8 Å². The maximum absolute atomic E-state index is 12.9. The topological polar surface area (TPSA) is 90.3 Å². The molecule has 0 aliphatic heterocycles. The van der Waals surface area contributed by atoms with Gasteiger partial charge in [-0.3, -0.25) is 19.4 Å². The molecule has 0 aliphatic rings. The predicted molar refractivity (Wildman–Crippen MR) is 107 cm³/mol. The van der Waals surface area contributed by atoms with Gasteiger partial charge in [0.15, 0.2) is 0 Å². The van der Waals surface area contributed by atoms with Crippen molar-refractivity contribution < 1.29 is 14.3 Å². The highest BCUT2D eigenvalue weighted by Gasteiger charge is 2.15. The number of benzene rings is 1. The Kier molecular flexibility index (Phi) is 5.54. The summed E-state index contributed by atoms with van der Waals surface area (Å²) in [5.74, 6) is -0.925. The van der Waals surface area contributed by atoms with Gasteiger partial charge >= 0.3 is 5.97 Å². The van der Waals surface area contributed by atoms with Crippen molar-refractivity contribution in [2.24, 2.45) is 0 Å². The Bertz CT molecular complexity index is 1120. The summed E-state index contributed by atoms with van der Waals surface area (Å²) >= 11 is 0. The number of nitrogens with one attached hydrogen (secondary N) is 1. The van der Waals surface area contributed by atoms with E-state index in [2.05, 4.69) is 10.3 Å². The largest absolute Gasteiger partial charge is 0.465 e. The number of ether oxygens (including phenoxy) is 1. The summed E-state index contributed by atoms with van der Waals surface area (Å²) in [5.41, 5.74) is 2.47. The zero-order valence-electron chi connectivity index (χ0n) is 16.0. The van der Waals surface area contributed by atoms with Gasteiger partial charge in [0.25, 0.3) is 11.5 Å². The van der Waals surface area contributed by atoms with Crippen LogP contribution in [-0.4, -0.2) is 28.0 Å². The number of nitrogens with zero attached hydrogens (tertiary/aromatic N) is 2. The van der Waals surface area contributed by atoms with Crippen LogP contribution in [-0.2, 0) is 16.1 Å². The fourth-order valence-corrected chi connectivity index (χ4v) is 2.95. The number of pyridine rings is 2. The van der Waals surface area contributed by atoms with Gasteiger partial charge < -0.3 is 14.6 Å². The summed E-state index contributed by atoms with van der Waals surface area (Å²) in [7, 11) is 0. The summed E-state index contributed by atoms with van der Waals surface area (Å²) in [6, 6.07) is 10.5. The molecule has 7 heteroatoms. The number of hydrogen-bond donors (Lipinski definition) is 1. The third-order valence-corrected chi connectivity index (χ3v) is 4.21. The number of carbonyl (C=O) groups excluding carboxylic acids is 2. The Labute approximate surface area is 162 Å². The molecule has 1 N–H and O–H groups in total. The van der Waals surface area contributed by atoms with Crippen LogP contribution in [0.25, 0.3) is 10.9 Å². The molecule has 7 nitrogen and oxygen atoms in total. The second-order valence-electron chi connectivity index (χ2n) is 6.45. The molecule has 0 atom stereocenters. The molecule has 0 bridgehead atoms. The van der Waals surface area contributed by atoms with Gasteiger partial charge in [0.1, 0.15) is 12.2 Å². The van der Waals surface area contributed by atoms with E-state index in [1.165, 1.54) is 16.8 Å². The number of hydrogen-bond acceptors (Lipinski definition) is 5. The van der Waals surface area contributed by atoms with Gasteiger partial charge in [-0.05, 0) is 51.1 Å². The molecule has 1 aromatic carbocycles. The summed E-state index contributed by atoms with van der Waals surface area (Å²) in [6.07, 6.45) is 1.48. The fraction of sp³-hybridized carbons (Fsp3) is 0.238. The number of amides is 1. The highest BCUT2D eigenvalue weighted by molar-refractivity contribution is 6.12. The number of carbonyl (C=O) groups is 2. The van der Waals surface area contributed by atoms with Gasteiger partial charge in [-0.25, -0.2) is 0 Å². The highest BCUT2D eigenvalue weighted by atomic mass is 16.5. The number of esters is 1. The molecule has 0 aliphatic carbocycles. The van der Waals surface area contributed by atoms with Crippen LogP contribution in [0.2, 0.25) is 0 Å². The van der Waals surface area contributed by atoms with Crippen LogP contribution in [0.4, 0.5) is 5.69 Å². The third kappa shape index (κ3) is 4.09. The molecule has 2 heterocycles. The molecular formula is C21H21N3O4. The van der Waals surface area contributed by atoms with E-state index < -0.39 is 17.4 Å². The predicted octanol–water partition coefficient (Wildman–Crippen LogP) is 2.83.